The lowest BCUT2D eigenvalue weighted by molar-refractivity contribution is 0.112. The van der Waals surface area contributed by atoms with Crippen molar-refractivity contribution in [2.24, 2.45) is 0 Å². The molecular weight excluding hydrogens is 220 g/mol. The van der Waals surface area contributed by atoms with E-state index >= 15 is 0 Å². The molecule has 3 nitrogen and oxygen atoms in total. The first-order chi connectivity index (χ1) is 7.83. The van der Waals surface area contributed by atoms with Crippen molar-refractivity contribution < 1.29 is 4.79 Å². The molecule has 0 amide bonds. The summed E-state index contributed by atoms with van der Waals surface area (Å²) >= 11 is 1.69. The van der Waals surface area contributed by atoms with Gasteiger partial charge in [-0.1, -0.05) is 12.1 Å². The monoisotopic (exact) mass is 230 g/mol. The van der Waals surface area contributed by atoms with Crippen LogP contribution >= 0.6 is 11.8 Å². The Bertz CT molecular complexity index is 479. The minimum Gasteiger partial charge on any atom is -0.298 e. The topological polar surface area (TPSA) is 42.9 Å². The summed E-state index contributed by atoms with van der Waals surface area (Å²) in [5.41, 5.74) is 1.44. The molecule has 1 heterocycles. The lowest BCUT2D eigenvalue weighted by Crippen LogP contribution is -1.90. The molecule has 0 fully saturated rings. The predicted octanol–water partition coefficient (Wildman–Crippen LogP) is 2.68. The van der Waals surface area contributed by atoms with Crippen molar-refractivity contribution >= 4 is 18.0 Å². The standard InChI is InChI=1S/C12H10N2OS/c1-16-11-4-2-10(3-5-11)12-13-6-9(8-15)7-14-12/h2-8H,1H3. The molecule has 4 heteroatoms. The Morgan fingerprint density at radius 2 is 1.75 bits per heavy atom. The summed E-state index contributed by atoms with van der Waals surface area (Å²) in [6.07, 6.45) is 5.82. The Hall–Kier alpha value is -1.68. The number of benzene rings is 1. The molecule has 0 N–H and O–H groups in total. The summed E-state index contributed by atoms with van der Waals surface area (Å²) < 4.78 is 0. The van der Waals surface area contributed by atoms with Crippen LogP contribution in [0.15, 0.2) is 41.6 Å². The molecule has 0 unspecified atom stereocenters. The molecule has 0 spiro atoms. The van der Waals surface area contributed by atoms with Crippen LogP contribution in [0.1, 0.15) is 10.4 Å². The van der Waals surface area contributed by atoms with E-state index in [1.165, 1.54) is 17.3 Å². The molecule has 1 aromatic carbocycles. The Morgan fingerprint density at radius 1 is 1.12 bits per heavy atom. The summed E-state index contributed by atoms with van der Waals surface area (Å²) in [4.78, 5) is 19.9. The lowest BCUT2D eigenvalue weighted by atomic mass is 10.2. The van der Waals surface area contributed by atoms with Gasteiger partial charge in [0.1, 0.15) is 0 Å². The van der Waals surface area contributed by atoms with Crippen LogP contribution in [0.4, 0.5) is 0 Å². The highest BCUT2D eigenvalue weighted by Gasteiger charge is 2.00. The van der Waals surface area contributed by atoms with E-state index in [2.05, 4.69) is 9.97 Å². The van der Waals surface area contributed by atoms with Crippen LogP contribution < -0.4 is 0 Å². The summed E-state index contributed by atoms with van der Waals surface area (Å²) in [5, 5.41) is 0. The molecule has 0 radical (unpaired) electrons. The van der Waals surface area contributed by atoms with Gasteiger partial charge in [0, 0.05) is 22.9 Å². The third-order valence-corrected chi connectivity index (χ3v) is 2.90. The van der Waals surface area contributed by atoms with Crippen molar-refractivity contribution in [3.05, 3.63) is 42.2 Å². The number of carbonyl (C=O) groups is 1. The third kappa shape index (κ3) is 2.28. The van der Waals surface area contributed by atoms with Crippen molar-refractivity contribution in [3.63, 3.8) is 0 Å². The zero-order valence-electron chi connectivity index (χ0n) is 8.75. The first-order valence-electron chi connectivity index (χ1n) is 4.75. The Morgan fingerprint density at radius 3 is 2.25 bits per heavy atom. The lowest BCUT2D eigenvalue weighted by Gasteiger charge is -2.01. The van der Waals surface area contributed by atoms with Gasteiger partial charge < -0.3 is 0 Å². The van der Waals surface area contributed by atoms with Crippen molar-refractivity contribution in [1.29, 1.82) is 0 Å². The molecule has 0 bridgehead atoms. The molecule has 16 heavy (non-hydrogen) atoms. The Labute approximate surface area is 97.9 Å². The summed E-state index contributed by atoms with van der Waals surface area (Å²) in [7, 11) is 0. The van der Waals surface area contributed by atoms with E-state index in [1.807, 2.05) is 30.5 Å². The molecule has 80 valence electrons. The van der Waals surface area contributed by atoms with Crippen LogP contribution in [0, 0.1) is 0 Å². The highest BCUT2D eigenvalue weighted by Crippen LogP contribution is 2.19. The fraction of sp³-hybridized carbons (Fsp3) is 0.0833. The predicted molar refractivity (Wildman–Crippen MR) is 64.6 cm³/mol. The fourth-order valence-electron chi connectivity index (χ4n) is 1.29. The highest BCUT2D eigenvalue weighted by atomic mass is 32.2. The van der Waals surface area contributed by atoms with E-state index in [4.69, 9.17) is 0 Å². The maximum Gasteiger partial charge on any atom is 0.159 e. The molecule has 0 aliphatic heterocycles. The minimum atomic E-state index is 0.490. The number of hydrogen-bond donors (Lipinski definition) is 0. The largest absolute Gasteiger partial charge is 0.298 e. The van der Waals surface area contributed by atoms with E-state index < -0.39 is 0 Å². The second kappa shape index (κ2) is 4.90. The quantitative estimate of drug-likeness (QED) is 0.600. The van der Waals surface area contributed by atoms with Gasteiger partial charge in [-0.15, -0.1) is 11.8 Å². The van der Waals surface area contributed by atoms with Gasteiger partial charge in [-0.05, 0) is 18.4 Å². The zero-order chi connectivity index (χ0) is 11.4. The molecule has 1 aromatic heterocycles. The van der Waals surface area contributed by atoms with Crippen molar-refractivity contribution in [1.82, 2.24) is 9.97 Å². The van der Waals surface area contributed by atoms with Crippen LogP contribution in [-0.4, -0.2) is 22.5 Å². The number of rotatable bonds is 3. The number of hydrogen-bond acceptors (Lipinski definition) is 4. The normalized spacial score (nSPS) is 10.1. The van der Waals surface area contributed by atoms with Crippen molar-refractivity contribution in [2.75, 3.05) is 6.26 Å². The van der Waals surface area contributed by atoms with Gasteiger partial charge in [-0.2, -0.15) is 0 Å². The Balaban J connectivity index is 2.31. The molecule has 0 aliphatic rings. The average molecular weight is 230 g/mol. The summed E-state index contributed by atoms with van der Waals surface area (Å²) in [6.45, 7) is 0. The number of aromatic nitrogens is 2. The molecular formula is C12H10N2OS. The first-order valence-corrected chi connectivity index (χ1v) is 5.97. The van der Waals surface area contributed by atoms with Gasteiger partial charge in [-0.25, -0.2) is 9.97 Å². The van der Waals surface area contributed by atoms with E-state index in [9.17, 15) is 4.79 Å². The Kier molecular flexibility index (Phi) is 3.31. The van der Waals surface area contributed by atoms with Gasteiger partial charge in [0.2, 0.25) is 0 Å². The number of aldehydes is 1. The SMILES string of the molecule is CSc1ccc(-c2ncc(C=O)cn2)cc1. The number of carbonyl (C=O) groups excluding carboxylic acids is 1. The van der Waals surface area contributed by atoms with Gasteiger partial charge in [0.05, 0.1) is 5.56 Å². The smallest absolute Gasteiger partial charge is 0.159 e. The number of nitrogens with zero attached hydrogens (tertiary/aromatic N) is 2. The summed E-state index contributed by atoms with van der Waals surface area (Å²) in [6, 6.07) is 8.00. The van der Waals surface area contributed by atoms with Gasteiger partial charge >= 0.3 is 0 Å². The van der Waals surface area contributed by atoms with Crippen LogP contribution in [0.2, 0.25) is 0 Å². The van der Waals surface area contributed by atoms with Crippen LogP contribution in [0.5, 0.6) is 0 Å². The average Bonchev–Trinajstić information content (AvgIpc) is 2.39. The molecule has 0 atom stereocenters. The maximum atomic E-state index is 10.5. The maximum absolute atomic E-state index is 10.5. The van der Waals surface area contributed by atoms with Gasteiger partial charge in [0.15, 0.2) is 12.1 Å². The van der Waals surface area contributed by atoms with Crippen LogP contribution in [-0.2, 0) is 0 Å². The first kappa shape index (κ1) is 10.8. The molecule has 0 saturated carbocycles. The zero-order valence-corrected chi connectivity index (χ0v) is 9.57. The van der Waals surface area contributed by atoms with Crippen LogP contribution in [0.3, 0.4) is 0 Å². The highest BCUT2D eigenvalue weighted by molar-refractivity contribution is 7.98. The molecule has 0 aliphatic carbocycles. The van der Waals surface area contributed by atoms with E-state index in [-0.39, 0.29) is 0 Å². The third-order valence-electron chi connectivity index (χ3n) is 2.16. The van der Waals surface area contributed by atoms with E-state index in [0.717, 1.165) is 11.8 Å². The van der Waals surface area contributed by atoms with Crippen LogP contribution in [0.25, 0.3) is 11.4 Å². The summed E-state index contributed by atoms with van der Waals surface area (Å²) in [5.74, 6) is 0.637. The second-order valence-electron chi connectivity index (χ2n) is 3.19. The second-order valence-corrected chi connectivity index (χ2v) is 4.07. The van der Waals surface area contributed by atoms with E-state index in [0.29, 0.717) is 11.4 Å². The van der Waals surface area contributed by atoms with E-state index in [1.54, 1.807) is 11.8 Å². The molecule has 2 aromatic rings. The van der Waals surface area contributed by atoms with Gasteiger partial charge in [0.25, 0.3) is 0 Å². The number of thioether (sulfide) groups is 1. The minimum absolute atomic E-state index is 0.490. The fourth-order valence-corrected chi connectivity index (χ4v) is 1.70. The molecule has 0 saturated heterocycles. The van der Waals surface area contributed by atoms with Crippen molar-refractivity contribution in [3.8, 4) is 11.4 Å². The van der Waals surface area contributed by atoms with Crippen molar-refractivity contribution in [2.45, 2.75) is 4.90 Å². The van der Waals surface area contributed by atoms with Gasteiger partial charge in [-0.3, -0.25) is 4.79 Å². The molecule has 2 rings (SSSR count).